The highest BCUT2D eigenvalue weighted by molar-refractivity contribution is 5.38. The third kappa shape index (κ3) is 3.02. The smallest absolute Gasteiger partial charge is 0.127 e. The molecule has 1 N–H and O–H groups in total. The Hall–Kier alpha value is -1.09. The van der Waals surface area contributed by atoms with Crippen molar-refractivity contribution >= 4 is 5.82 Å². The first-order chi connectivity index (χ1) is 8.72. The van der Waals surface area contributed by atoms with E-state index >= 15 is 0 Å². The standard InChI is InChI=1S/C15H25N3/c1-16-10-12-6-4-5-7-14(12)13-8-9-15(17-11-13)18(2)3/h8-9,11-12,14,16H,4-7,10H2,1-3H3. The Morgan fingerprint density at radius 2 is 2.06 bits per heavy atom. The second-order valence-electron chi connectivity index (χ2n) is 5.55. The molecule has 18 heavy (non-hydrogen) atoms. The van der Waals surface area contributed by atoms with E-state index in [4.69, 9.17) is 0 Å². The van der Waals surface area contributed by atoms with Crippen molar-refractivity contribution in [1.29, 1.82) is 0 Å². The van der Waals surface area contributed by atoms with Crippen molar-refractivity contribution in [3.8, 4) is 0 Å². The largest absolute Gasteiger partial charge is 0.363 e. The van der Waals surface area contributed by atoms with Gasteiger partial charge in [0.05, 0.1) is 0 Å². The summed E-state index contributed by atoms with van der Waals surface area (Å²) in [5.74, 6) is 2.50. The van der Waals surface area contributed by atoms with Gasteiger partial charge in [-0.3, -0.25) is 0 Å². The van der Waals surface area contributed by atoms with E-state index in [1.165, 1.54) is 31.2 Å². The van der Waals surface area contributed by atoms with Gasteiger partial charge in [-0.25, -0.2) is 4.98 Å². The van der Waals surface area contributed by atoms with Crippen LogP contribution in [-0.2, 0) is 0 Å². The van der Waals surface area contributed by atoms with Gasteiger partial charge in [-0.15, -0.1) is 0 Å². The van der Waals surface area contributed by atoms with Gasteiger partial charge in [0, 0.05) is 20.3 Å². The van der Waals surface area contributed by atoms with Crippen molar-refractivity contribution in [2.75, 3.05) is 32.6 Å². The van der Waals surface area contributed by atoms with Gasteiger partial charge in [-0.1, -0.05) is 18.9 Å². The van der Waals surface area contributed by atoms with Gasteiger partial charge < -0.3 is 10.2 Å². The third-order valence-electron chi connectivity index (χ3n) is 4.03. The second-order valence-corrected chi connectivity index (χ2v) is 5.55. The van der Waals surface area contributed by atoms with Crippen LogP contribution < -0.4 is 10.2 Å². The quantitative estimate of drug-likeness (QED) is 0.886. The molecule has 3 nitrogen and oxygen atoms in total. The molecule has 0 bridgehead atoms. The number of aromatic nitrogens is 1. The van der Waals surface area contributed by atoms with E-state index in [1.807, 2.05) is 14.1 Å². The molecule has 0 radical (unpaired) electrons. The fourth-order valence-corrected chi connectivity index (χ4v) is 3.03. The van der Waals surface area contributed by atoms with E-state index in [1.54, 1.807) is 0 Å². The van der Waals surface area contributed by atoms with Crippen LogP contribution in [0.2, 0.25) is 0 Å². The summed E-state index contributed by atoms with van der Waals surface area (Å²) in [6.45, 7) is 1.13. The summed E-state index contributed by atoms with van der Waals surface area (Å²) >= 11 is 0. The monoisotopic (exact) mass is 247 g/mol. The minimum Gasteiger partial charge on any atom is -0.363 e. The minimum absolute atomic E-state index is 0.690. The van der Waals surface area contributed by atoms with Gasteiger partial charge in [0.25, 0.3) is 0 Å². The van der Waals surface area contributed by atoms with E-state index in [0.29, 0.717) is 5.92 Å². The Morgan fingerprint density at radius 3 is 2.67 bits per heavy atom. The zero-order chi connectivity index (χ0) is 13.0. The van der Waals surface area contributed by atoms with Gasteiger partial charge in [-0.2, -0.15) is 0 Å². The first-order valence-electron chi connectivity index (χ1n) is 7.00. The van der Waals surface area contributed by atoms with Crippen LogP contribution >= 0.6 is 0 Å². The summed E-state index contributed by atoms with van der Waals surface area (Å²) in [6.07, 6.45) is 7.48. The molecule has 1 aromatic heterocycles. The Kier molecular flexibility index (Phi) is 4.59. The van der Waals surface area contributed by atoms with E-state index in [-0.39, 0.29) is 0 Å². The van der Waals surface area contributed by atoms with Crippen LogP contribution in [0, 0.1) is 5.92 Å². The summed E-state index contributed by atoms with van der Waals surface area (Å²) < 4.78 is 0. The lowest BCUT2D eigenvalue weighted by Gasteiger charge is -2.31. The molecule has 1 fully saturated rings. The van der Waals surface area contributed by atoms with E-state index in [0.717, 1.165) is 18.3 Å². The molecule has 3 heteroatoms. The maximum Gasteiger partial charge on any atom is 0.127 e. The molecule has 100 valence electrons. The number of rotatable bonds is 4. The Balaban J connectivity index is 2.12. The second kappa shape index (κ2) is 6.19. The van der Waals surface area contributed by atoms with Crippen molar-refractivity contribution in [3.63, 3.8) is 0 Å². The summed E-state index contributed by atoms with van der Waals surface area (Å²) in [5.41, 5.74) is 1.42. The molecule has 0 aliphatic heterocycles. The van der Waals surface area contributed by atoms with Gasteiger partial charge in [0.1, 0.15) is 5.82 Å². The molecule has 1 aromatic rings. The van der Waals surface area contributed by atoms with Gasteiger partial charge >= 0.3 is 0 Å². The van der Waals surface area contributed by atoms with Crippen LogP contribution in [0.1, 0.15) is 37.2 Å². The molecular formula is C15H25N3. The van der Waals surface area contributed by atoms with Gasteiger partial charge in [0.2, 0.25) is 0 Å². The van der Waals surface area contributed by atoms with Crippen LogP contribution in [0.3, 0.4) is 0 Å². The zero-order valence-electron chi connectivity index (χ0n) is 11.8. The summed E-state index contributed by atoms with van der Waals surface area (Å²) in [7, 11) is 6.12. The molecule has 2 rings (SSSR count). The van der Waals surface area contributed by atoms with E-state index < -0.39 is 0 Å². The Bertz CT molecular complexity index is 357. The number of nitrogens with one attached hydrogen (secondary N) is 1. The first kappa shape index (κ1) is 13.3. The van der Waals surface area contributed by atoms with Crippen LogP contribution in [0.25, 0.3) is 0 Å². The average molecular weight is 247 g/mol. The number of hydrogen-bond acceptors (Lipinski definition) is 3. The molecule has 1 saturated carbocycles. The van der Waals surface area contributed by atoms with E-state index in [9.17, 15) is 0 Å². The molecule has 0 aromatic carbocycles. The lowest BCUT2D eigenvalue weighted by Crippen LogP contribution is -2.27. The predicted octanol–water partition coefficient (Wildman–Crippen LogP) is 2.64. The predicted molar refractivity (Wildman–Crippen MR) is 77.2 cm³/mol. The van der Waals surface area contributed by atoms with Crippen molar-refractivity contribution in [2.24, 2.45) is 5.92 Å². The van der Waals surface area contributed by atoms with Crippen LogP contribution in [0.4, 0.5) is 5.82 Å². The highest BCUT2D eigenvalue weighted by Crippen LogP contribution is 2.37. The highest BCUT2D eigenvalue weighted by atomic mass is 15.1. The number of anilines is 1. The number of pyridine rings is 1. The number of hydrogen-bond donors (Lipinski definition) is 1. The van der Waals surface area contributed by atoms with Crippen LogP contribution in [0.5, 0.6) is 0 Å². The maximum absolute atomic E-state index is 4.55. The number of nitrogens with zero attached hydrogens (tertiary/aromatic N) is 2. The SMILES string of the molecule is CNCC1CCCCC1c1ccc(N(C)C)nc1. The molecule has 0 spiro atoms. The third-order valence-corrected chi connectivity index (χ3v) is 4.03. The normalized spacial score (nSPS) is 23.9. The van der Waals surface area contributed by atoms with E-state index in [2.05, 4.69) is 40.6 Å². The molecule has 0 saturated heterocycles. The van der Waals surface area contributed by atoms with Crippen LogP contribution in [0.15, 0.2) is 18.3 Å². The summed E-state index contributed by atoms with van der Waals surface area (Å²) in [6, 6.07) is 4.40. The first-order valence-corrected chi connectivity index (χ1v) is 7.00. The molecule has 1 heterocycles. The minimum atomic E-state index is 0.690. The lowest BCUT2D eigenvalue weighted by molar-refractivity contribution is 0.301. The molecule has 2 unspecified atom stereocenters. The summed E-state index contributed by atoms with van der Waals surface area (Å²) in [4.78, 5) is 6.60. The molecule has 1 aliphatic rings. The van der Waals surface area contributed by atoms with Crippen molar-refractivity contribution in [2.45, 2.75) is 31.6 Å². The van der Waals surface area contributed by atoms with Crippen molar-refractivity contribution < 1.29 is 0 Å². The topological polar surface area (TPSA) is 28.2 Å². The Morgan fingerprint density at radius 1 is 1.28 bits per heavy atom. The van der Waals surface area contributed by atoms with Gasteiger partial charge in [-0.05, 0) is 49.9 Å². The molecule has 0 amide bonds. The van der Waals surface area contributed by atoms with Gasteiger partial charge in [0.15, 0.2) is 0 Å². The fraction of sp³-hybridized carbons (Fsp3) is 0.667. The Labute approximate surface area is 111 Å². The fourth-order valence-electron chi connectivity index (χ4n) is 3.03. The highest BCUT2D eigenvalue weighted by Gasteiger charge is 2.26. The average Bonchev–Trinajstić information content (AvgIpc) is 2.40. The maximum atomic E-state index is 4.55. The van der Waals surface area contributed by atoms with Crippen molar-refractivity contribution in [1.82, 2.24) is 10.3 Å². The van der Waals surface area contributed by atoms with Crippen LogP contribution in [-0.4, -0.2) is 32.7 Å². The lowest BCUT2D eigenvalue weighted by atomic mass is 9.76. The summed E-state index contributed by atoms with van der Waals surface area (Å²) in [5, 5.41) is 3.34. The molecular weight excluding hydrogens is 222 g/mol. The molecule has 2 atom stereocenters. The zero-order valence-corrected chi connectivity index (χ0v) is 11.8. The molecule has 1 aliphatic carbocycles. The van der Waals surface area contributed by atoms with Crippen molar-refractivity contribution in [3.05, 3.63) is 23.9 Å².